The van der Waals surface area contributed by atoms with Crippen LogP contribution in [0.15, 0.2) is 55.1 Å². The Kier molecular flexibility index (Phi) is 4.71. The molecule has 5 aromatic rings. The topological polar surface area (TPSA) is 85.6 Å². The number of nitrogens with one attached hydrogen (secondary N) is 1. The number of imidazole rings is 1. The molecule has 154 valence electrons. The van der Waals surface area contributed by atoms with Gasteiger partial charge >= 0.3 is 0 Å². The normalized spacial score (nSPS) is 12.4. The van der Waals surface area contributed by atoms with E-state index in [0.717, 1.165) is 37.5 Å². The molecule has 1 aromatic carbocycles. The summed E-state index contributed by atoms with van der Waals surface area (Å²) in [6, 6.07) is 11.5. The molecule has 4 aromatic heterocycles. The standard InChI is InChI=1S/C23H20N6OS/c1-13(27-21(30)17-8-5-9-24-14(17)2)15-6-4-7-16(10-15)22-28-19-20-18(26-12-29(20)3)11-25-23(19)31-22/h4-13H,1-3H3,(H,27,30)/t13-/m0/s1. The van der Waals surface area contributed by atoms with E-state index in [4.69, 9.17) is 4.98 Å². The van der Waals surface area contributed by atoms with Gasteiger partial charge in [-0.15, -0.1) is 0 Å². The third kappa shape index (κ3) is 3.44. The van der Waals surface area contributed by atoms with Crippen molar-refractivity contribution in [3.05, 3.63) is 71.9 Å². The first-order valence-corrected chi connectivity index (χ1v) is 10.7. The highest BCUT2D eigenvalue weighted by molar-refractivity contribution is 7.21. The van der Waals surface area contributed by atoms with Crippen molar-refractivity contribution < 1.29 is 4.79 Å². The first-order valence-electron chi connectivity index (χ1n) is 9.90. The molecule has 0 aliphatic carbocycles. The van der Waals surface area contributed by atoms with Gasteiger partial charge in [0, 0.05) is 24.5 Å². The number of hydrogen-bond acceptors (Lipinski definition) is 6. The van der Waals surface area contributed by atoms with Gasteiger partial charge in [0.25, 0.3) is 5.91 Å². The van der Waals surface area contributed by atoms with Crippen LogP contribution in [-0.2, 0) is 7.05 Å². The van der Waals surface area contributed by atoms with Crippen LogP contribution in [0.3, 0.4) is 0 Å². The summed E-state index contributed by atoms with van der Waals surface area (Å²) in [6.07, 6.45) is 5.25. The van der Waals surface area contributed by atoms with E-state index in [1.165, 1.54) is 0 Å². The van der Waals surface area contributed by atoms with Crippen LogP contribution in [-0.4, -0.2) is 30.4 Å². The number of pyridine rings is 2. The fraction of sp³-hybridized carbons (Fsp3) is 0.174. The number of carbonyl (C=O) groups is 1. The number of hydrogen-bond donors (Lipinski definition) is 1. The maximum absolute atomic E-state index is 12.7. The van der Waals surface area contributed by atoms with Crippen LogP contribution >= 0.6 is 11.3 Å². The number of carbonyl (C=O) groups excluding carboxylic acids is 1. The van der Waals surface area contributed by atoms with E-state index in [9.17, 15) is 4.79 Å². The average molecular weight is 429 g/mol. The maximum atomic E-state index is 12.7. The number of amides is 1. The van der Waals surface area contributed by atoms with E-state index in [2.05, 4.69) is 26.3 Å². The van der Waals surface area contributed by atoms with Gasteiger partial charge < -0.3 is 9.88 Å². The third-order valence-corrected chi connectivity index (χ3v) is 6.35. The molecule has 1 amide bonds. The van der Waals surface area contributed by atoms with Gasteiger partial charge in [-0.2, -0.15) is 0 Å². The second-order valence-corrected chi connectivity index (χ2v) is 8.45. The number of aromatic nitrogens is 5. The second kappa shape index (κ2) is 7.55. The first kappa shape index (κ1) is 19.3. The molecule has 1 N–H and O–H groups in total. The van der Waals surface area contributed by atoms with Gasteiger partial charge in [0.1, 0.15) is 20.9 Å². The summed E-state index contributed by atoms with van der Waals surface area (Å²) in [5, 5.41) is 3.96. The molecule has 4 heterocycles. The molecule has 0 spiro atoms. The predicted molar refractivity (Wildman–Crippen MR) is 122 cm³/mol. The SMILES string of the molecule is Cc1ncccc1C(=O)N[C@@H](C)c1cccc(-c2nc3c(ncc4ncn(C)c43)s2)c1. The Morgan fingerprint density at radius 3 is 2.87 bits per heavy atom. The van der Waals surface area contributed by atoms with Crippen molar-refractivity contribution >= 4 is 38.6 Å². The fourth-order valence-corrected chi connectivity index (χ4v) is 4.56. The first-order chi connectivity index (χ1) is 15.0. The zero-order valence-corrected chi connectivity index (χ0v) is 18.1. The molecule has 0 radical (unpaired) electrons. The molecule has 5 rings (SSSR count). The van der Waals surface area contributed by atoms with Gasteiger partial charge in [0.2, 0.25) is 0 Å². The van der Waals surface area contributed by atoms with Crippen molar-refractivity contribution in [2.75, 3.05) is 0 Å². The van der Waals surface area contributed by atoms with E-state index in [0.29, 0.717) is 11.3 Å². The summed E-state index contributed by atoms with van der Waals surface area (Å²) in [4.78, 5) is 31.5. The Bertz CT molecular complexity index is 1440. The van der Waals surface area contributed by atoms with Gasteiger partial charge in [0.05, 0.1) is 29.6 Å². The molecule has 0 bridgehead atoms. The minimum atomic E-state index is -0.164. The number of aryl methyl sites for hydroxylation is 2. The number of fused-ring (bicyclic) bond motifs is 3. The Balaban J connectivity index is 1.46. The van der Waals surface area contributed by atoms with Crippen molar-refractivity contribution in [3.63, 3.8) is 0 Å². The molecule has 8 heteroatoms. The molecule has 1 atom stereocenters. The summed E-state index contributed by atoms with van der Waals surface area (Å²) in [5.41, 5.74) is 5.97. The lowest BCUT2D eigenvalue weighted by molar-refractivity contribution is 0.0939. The highest BCUT2D eigenvalue weighted by Crippen LogP contribution is 2.33. The number of thiazole rings is 1. The van der Waals surface area contributed by atoms with Crippen LogP contribution in [0, 0.1) is 6.92 Å². The summed E-state index contributed by atoms with van der Waals surface area (Å²) in [7, 11) is 1.96. The lowest BCUT2D eigenvalue weighted by atomic mass is 10.0. The van der Waals surface area contributed by atoms with E-state index >= 15 is 0 Å². The summed E-state index contributed by atoms with van der Waals surface area (Å²) in [6.45, 7) is 3.81. The van der Waals surface area contributed by atoms with Gasteiger partial charge in [-0.05, 0) is 37.6 Å². The van der Waals surface area contributed by atoms with Crippen molar-refractivity contribution in [1.82, 2.24) is 29.8 Å². The van der Waals surface area contributed by atoms with Crippen LogP contribution in [0.5, 0.6) is 0 Å². The van der Waals surface area contributed by atoms with Crippen molar-refractivity contribution in [2.45, 2.75) is 19.9 Å². The second-order valence-electron chi connectivity index (χ2n) is 7.48. The summed E-state index contributed by atoms with van der Waals surface area (Å²) >= 11 is 1.55. The Hall–Kier alpha value is -3.65. The molecule has 0 saturated carbocycles. The fourth-order valence-electron chi connectivity index (χ4n) is 3.65. The minimum absolute atomic E-state index is 0.133. The third-order valence-electron chi connectivity index (χ3n) is 5.34. The van der Waals surface area contributed by atoms with Crippen molar-refractivity contribution in [2.24, 2.45) is 7.05 Å². The molecule has 0 fully saturated rings. The van der Waals surface area contributed by atoms with E-state index in [-0.39, 0.29) is 11.9 Å². The summed E-state index contributed by atoms with van der Waals surface area (Å²) < 4.78 is 1.97. The average Bonchev–Trinajstić information content (AvgIpc) is 3.37. The van der Waals surface area contributed by atoms with Crippen LogP contribution in [0.2, 0.25) is 0 Å². The Morgan fingerprint density at radius 1 is 1.16 bits per heavy atom. The zero-order chi connectivity index (χ0) is 21.5. The largest absolute Gasteiger partial charge is 0.345 e. The number of rotatable bonds is 4. The van der Waals surface area contributed by atoms with Gasteiger partial charge in [-0.1, -0.05) is 29.5 Å². The molecule has 0 aliphatic heterocycles. The smallest absolute Gasteiger partial charge is 0.253 e. The van der Waals surface area contributed by atoms with E-state index in [1.54, 1.807) is 42.2 Å². The van der Waals surface area contributed by atoms with Gasteiger partial charge in [0.15, 0.2) is 0 Å². The molecule has 0 aliphatic rings. The number of benzene rings is 1. The highest BCUT2D eigenvalue weighted by atomic mass is 32.1. The molecule has 0 unspecified atom stereocenters. The van der Waals surface area contributed by atoms with Crippen molar-refractivity contribution in [1.29, 1.82) is 0 Å². The monoisotopic (exact) mass is 428 g/mol. The van der Waals surface area contributed by atoms with E-state index in [1.807, 2.05) is 43.7 Å². The minimum Gasteiger partial charge on any atom is -0.345 e. The molecule has 31 heavy (non-hydrogen) atoms. The molecule has 0 saturated heterocycles. The van der Waals surface area contributed by atoms with Gasteiger partial charge in [-0.3, -0.25) is 9.78 Å². The highest BCUT2D eigenvalue weighted by Gasteiger charge is 2.16. The van der Waals surface area contributed by atoms with Crippen LogP contribution in [0.25, 0.3) is 32.0 Å². The van der Waals surface area contributed by atoms with Crippen LogP contribution in [0.1, 0.15) is 34.6 Å². The predicted octanol–water partition coefficient (Wildman–Crippen LogP) is 4.44. The van der Waals surface area contributed by atoms with Crippen molar-refractivity contribution in [3.8, 4) is 10.6 Å². The Morgan fingerprint density at radius 2 is 2.03 bits per heavy atom. The quantitative estimate of drug-likeness (QED) is 0.457. The maximum Gasteiger partial charge on any atom is 0.253 e. The van der Waals surface area contributed by atoms with Crippen LogP contribution < -0.4 is 5.32 Å². The summed E-state index contributed by atoms with van der Waals surface area (Å²) in [5.74, 6) is -0.133. The van der Waals surface area contributed by atoms with E-state index < -0.39 is 0 Å². The molecular weight excluding hydrogens is 408 g/mol. The lowest BCUT2D eigenvalue weighted by Crippen LogP contribution is -2.27. The molecule has 7 nitrogen and oxygen atoms in total. The lowest BCUT2D eigenvalue weighted by Gasteiger charge is -2.15. The number of nitrogens with zero attached hydrogens (tertiary/aromatic N) is 5. The van der Waals surface area contributed by atoms with Gasteiger partial charge in [-0.25, -0.2) is 15.0 Å². The van der Waals surface area contributed by atoms with Crippen LogP contribution in [0.4, 0.5) is 0 Å². The molecular formula is C23H20N6OS. The zero-order valence-electron chi connectivity index (χ0n) is 17.3. The Labute approximate surface area is 182 Å².